The highest BCUT2D eigenvalue weighted by molar-refractivity contribution is 5.95. The minimum atomic E-state index is -1.49. The van der Waals surface area contributed by atoms with Crippen molar-refractivity contribution in [2.24, 2.45) is 17.4 Å². The van der Waals surface area contributed by atoms with Crippen LogP contribution >= 0.6 is 0 Å². The summed E-state index contributed by atoms with van der Waals surface area (Å²) in [7, 11) is 0. The molecule has 1 rings (SSSR count). The Morgan fingerprint density at radius 3 is 2.26 bits per heavy atom. The molecule has 14 heteroatoms. The highest BCUT2D eigenvalue weighted by atomic mass is 16.4. The van der Waals surface area contributed by atoms with Crippen molar-refractivity contribution in [1.29, 1.82) is 0 Å². The number of amides is 5. The van der Waals surface area contributed by atoms with Crippen molar-refractivity contribution >= 4 is 35.5 Å². The van der Waals surface area contributed by atoms with Gasteiger partial charge in [-0.1, -0.05) is 13.8 Å². The van der Waals surface area contributed by atoms with Gasteiger partial charge in [0.2, 0.25) is 29.5 Å². The zero-order chi connectivity index (χ0) is 26.7. The summed E-state index contributed by atoms with van der Waals surface area (Å²) in [5, 5.41) is 24.8. The number of aliphatic carboxylic acids is 1. The SMILES string of the molecule is CC(C)C[C@H](N)C(=O)N1CCC[C@H]1C(=O)N[C@@H](CCC(N)=O)C(=O)N[C@@H](CO)C(=O)NCC(=O)O. The lowest BCUT2D eigenvalue weighted by Crippen LogP contribution is -2.58. The first-order chi connectivity index (χ1) is 16.4. The number of hydrogen-bond acceptors (Lipinski definition) is 8. The number of carboxylic acid groups (broad SMARTS) is 1. The molecule has 1 fully saturated rings. The van der Waals surface area contributed by atoms with Gasteiger partial charge in [0.1, 0.15) is 24.7 Å². The second-order valence-electron chi connectivity index (χ2n) is 8.85. The number of carboxylic acids is 1. The molecule has 1 aliphatic heterocycles. The molecule has 5 amide bonds. The Hall–Kier alpha value is -3.26. The molecule has 14 nitrogen and oxygen atoms in total. The molecule has 198 valence electrons. The van der Waals surface area contributed by atoms with Crippen LogP contribution in [0.4, 0.5) is 0 Å². The minimum absolute atomic E-state index is 0.179. The number of aliphatic hydroxyl groups excluding tert-OH is 1. The molecule has 4 atom stereocenters. The molecular formula is C21H36N6O8. The summed E-state index contributed by atoms with van der Waals surface area (Å²) in [5.74, 6) is -4.72. The van der Waals surface area contributed by atoms with E-state index in [0.29, 0.717) is 25.8 Å². The molecule has 1 saturated heterocycles. The van der Waals surface area contributed by atoms with Crippen LogP contribution < -0.4 is 27.4 Å². The van der Waals surface area contributed by atoms with E-state index in [1.807, 2.05) is 19.2 Å². The van der Waals surface area contributed by atoms with E-state index in [1.165, 1.54) is 4.90 Å². The molecule has 9 N–H and O–H groups in total. The molecule has 0 aromatic rings. The van der Waals surface area contributed by atoms with E-state index in [9.17, 15) is 33.9 Å². The fraction of sp³-hybridized carbons (Fsp3) is 0.714. The lowest BCUT2D eigenvalue weighted by atomic mass is 10.0. The van der Waals surface area contributed by atoms with Crippen LogP contribution in [0.1, 0.15) is 46.0 Å². The van der Waals surface area contributed by atoms with E-state index in [0.717, 1.165) is 0 Å². The van der Waals surface area contributed by atoms with E-state index < -0.39 is 66.9 Å². The van der Waals surface area contributed by atoms with Gasteiger partial charge in [-0.25, -0.2) is 0 Å². The van der Waals surface area contributed by atoms with Gasteiger partial charge in [-0.2, -0.15) is 0 Å². The minimum Gasteiger partial charge on any atom is -0.480 e. The highest BCUT2D eigenvalue weighted by Gasteiger charge is 2.38. The molecule has 0 aliphatic carbocycles. The first-order valence-electron chi connectivity index (χ1n) is 11.4. The Labute approximate surface area is 203 Å². The van der Waals surface area contributed by atoms with Crippen molar-refractivity contribution in [3.63, 3.8) is 0 Å². The van der Waals surface area contributed by atoms with E-state index in [2.05, 4.69) is 10.6 Å². The molecular weight excluding hydrogens is 464 g/mol. The summed E-state index contributed by atoms with van der Waals surface area (Å²) in [6, 6.07) is -4.43. The van der Waals surface area contributed by atoms with Crippen LogP contribution in [0.3, 0.4) is 0 Å². The Morgan fingerprint density at radius 2 is 1.71 bits per heavy atom. The molecule has 0 radical (unpaired) electrons. The van der Waals surface area contributed by atoms with E-state index >= 15 is 0 Å². The average Bonchev–Trinajstić information content (AvgIpc) is 3.27. The van der Waals surface area contributed by atoms with Crippen LogP contribution in [0, 0.1) is 5.92 Å². The summed E-state index contributed by atoms with van der Waals surface area (Å²) < 4.78 is 0. The number of nitrogens with two attached hydrogens (primary N) is 2. The summed E-state index contributed by atoms with van der Waals surface area (Å²) in [4.78, 5) is 73.8. The molecule has 1 heterocycles. The molecule has 0 aromatic carbocycles. The highest BCUT2D eigenvalue weighted by Crippen LogP contribution is 2.20. The number of aliphatic hydroxyl groups is 1. The predicted molar refractivity (Wildman–Crippen MR) is 122 cm³/mol. The average molecular weight is 501 g/mol. The zero-order valence-corrected chi connectivity index (χ0v) is 20.0. The fourth-order valence-electron chi connectivity index (χ4n) is 3.70. The van der Waals surface area contributed by atoms with Gasteiger partial charge >= 0.3 is 5.97 Å². The van der Waals surface area contributed by atoms with Crippen molar-refractivity contribution in [2.45, 2.75) is 70.1 Å². The number of primary amides is 1. The van der Waals surface area contributed by atoms with E-state index in [4.69, 9.17) is 16.6 Å². The van der Waals surface area contributed by atoms with Crippen LogP contribution in [-0.4, -0.2) is 94.5 Å². The Balaban J connectivity index is 2.92. The van der Waals surface area contributed by atoms with Crippen LogP contribution in [0.2, 0.25) is 0 Å². The van der Waals surface area contributed by atoms with Crippen molar-refractivity contribution in [3.05, 3.63) is 0 Å². The summed E-state index contributed by atoms with van der Waals surface area (Å²) in [5.41, 5.74) is 11.2. The van der Waals surface area contributed by atoms with Crippen LogP contribution in [-0.2, 0) is 28.8 Å². The van der Waals surface area contributed by atoms with Gasteiger partial charge in [0.15, 0.2) is 0 Å². The van der Waals surface area contributed by atoms with Gasteiger partial charge in [-0.15, -0.1) is 0 Å². The first-order valence-corrected chi connectivity index (χ1v) is 11.4. The number of hydrogen-bond donors (Lipinski definition) is 7. The Morgan fingerprint density at radius 1 is 1.06 bits per heavy atom. The lowest BCUT2D eigenvalue weighted by molar-refractivity contribution is -0.141. The lowest BCUT2D eigenvalue weighted by Gasteiger charge is -2.29. The van der Waals surface area contributed by atoms with Crippen molar-refractivity contribution in [1.82, 2.24) is 20.9 Å². The maximum atomic E-state index is 13.0. The largest absolute Gasteiger partial charge is 0.480 e. The quantitative estimate of drug-likeness (QED) is 0.127. The zero-order valence-electron chi connectivity index (χ0n) is 20.0. The fourth-order valence-corrected chi connectivity index (χ4v) is 3.70. The molecule has 0 saturated carbocycles. The maximum Gasteiger partial charge on any atom is 0.322 e. The number of nitrogens with zero attached hydrogens (tertiary/aromatic N) is 1. The van der Waals surface area contributed by atoms with Gasteiger partial charge in [0.25, 0.3) is 0 Å². The van der Waals surface area contributed by atoms with Gasteiger partial charge < -0.3 is 42.5 Å². The van der Waals surface area contributed by atoms with Crippen molar-refractivity contribution in [2.75, 3.05) is 19.7 Å². The number of carbonyl (C=O) groups excluding carboxylic acids is 5. The summed E-state index contributed by atoms with van der Waals surface area (Å²) in [6.45, 7) is 2.61. The van der Waals surface area contributed by atoms with Crippen LogP contribution in [0.5, 0.6) is 0 Å². The molecule has 0 bridgehead atoms. The number of likely N-dealkylation sites (tertiary alicyclic amines) is 1. The maximum absolute atomic E-state index is 13.0. The van der Waals surface area contributed by atoms with E-state index in [1.54, 1.807) is 0 Å². The van der Waals surface area contributed by atoms with Crippen molar-refractivity contribution < 1.29 is 39.0 Å². The second kappa shape index (κ2) is 14.2. The predicted octanol–water partition coefficient (Wildman–Crippen LogP) is -3.22. The molecule has 1 aliphatic rings. The normalized spacial score (nSPS) is 17.9. The van der Waals surface area contributed by atoms with Gasteiger partial charge in [-0.3, -0.25) is 28.8 Å². The molecule has 0 unspecified atom stereocenters. The molecule has 0 spiro atoms. The molecule has 35 heavy (non-hydrogen) atoms. The second-order valence-corrected chi connectivity index (χ2v) is 8.85. The van der Waals surface area contributed by atoms with Gasteiger partial charge in [-0.05, 0) is 31.6 Å². The number of carbonyl (C=O) groups is 6. The third-order valence-corrected chi connectivity index (χ3v) is 5.42. The van der Waals surface area contributed by atoms with Gasteiger partial charge in [0.05, 0.1) is 12.6 Å². The smallest absolute Gasteiger partial charge is 0.322 e. The number of rotatable bonds is 14. The van der Waals surface area contributed by atoms with Crippen LogP contribution in [0.25, 0.3) is 0 Å². The standard InChI is InChI=1S/C21H36N6O8/c1-11(2)8-12(22)21(35)27-7-3-4-15(27)20(34)25-13(5-6-16(23)29)19(33)26-14(10-28)18(32)24-9-17(30)31/h11-15,28H,3-10,22H2,1-2H3,(H2,23,29)(H,24,32)(H,25,34)(H,26,33)(H,30,31)/t12-,13-,14-,15-/m0/s1. The van der Waals surface area contributed by atoms with Crippen LogP contribution in [0.15, 0.2) is 0 Å². The molecule has 0 aromatic heterocycles. The van der Waals surface area contributed by atoms with Crippen molar-refractivity contribution in [3.8, 4) is 0 Å². The summed E-state index contributed by atoms with van der Waals surface area (Å²) in [6.07, 6.45) is 0.898. The monoisotopic (exact) mass is 500 g/mol. The third kappa shape index (κ3) is 9.86. The van der Waals surface area contributed by atoms with Gasteiger partial charge in [0, 0.05) is 13.0 Å². The third-order valence-electron chi connectivity index (χ3n) is 5.42. The number of nitrogens with one attached hydrogen (secondary N) is 3. The summed E-state index contributed by atoms with van der Waals surface area (Å²) >= 11 is 0. The topological polar surface area (TPSA) is 234 Å². The van der Waals surface area contributed by atoms with E-state index in [-0.39, 0.29) is 24.7 Å². The Kier molecular flexibility index (Phi) is 12.1. The first kappa shape index (κ1) is 29.8. The Bertz CT molecular complexity index is 805.